The van der Waals surface area contributed by atoms with E-state index in [0.29, 0.717) is 5.56 Å². The Bertz CT molecular complexity index is 1010. The molecule has 2 rings (SSSR count). The predicted molar refractivity (Wildman–Crippen MR) is 101 cm³/mol. The Kier molecular flexibility index (Phi) is 9.70. The van der Waals surface area contributed by atoms with Crippen LogP contribution in [-0.2, 0) is 15.2 Å². The first kappa shape index (κ1) is 24.8. The minimum atomic E-state index is -3.70. The van der Waals surface area contributed by atoms with Crippen molar-refractivity contribution in [2.45, 2.75) is 5.02 Å². The lowest BCUT2D eigenvalue weighted by atomic mass is 10.2. The molecule has 0 saturated heterocycles. The number of nitrogens with one attached hydrogen (secondary N) is 1. The van der Waals surface area contributed by atoms with Crippen LogP contribution in [0.15, 0.2) is 40.8 Å². The van der Waals surface area contributed by atoms with Gasteiger partial charge < -0.3 is 14.2 Å². The smallest absolute Gasteiger partial charge is 0.460 e. The van der Waals surface area contributed by atoms with Crippen molar-refractivity contribution in [2.24, 2.45) is 4.36 Å². The lowest BCUT2D eigenvalue weighted by molar-refractivity contribution is -0.0831. The zero-order valence-corrected chi connectivity index (χ0v) is 17.6. The Morgan fingerprint density at radius 2 is 1.73 bits per heavy atom. The van der Waals surface area contributed by atoms with Gasteiger partial charge in [0, 0.05) is 15.9 Å². The number of rotatable bonds is 5. The minimum Gasteiger partial charge on any atom is -0.481 e. The highest BCUT2D eigenvalue weighted by molar-refractivity contribution is 9.09. The van der Waals surface area contributed by atoms with Gasteiger partial charge in [-0.25, -0.2) is 9.59 Å². The van der Waals surface area contributed by atoms with E-state index in [1.165, 1.54) is 14.2 Å². The van der Waals surface area contributed by atoms with E-state index in [4.69, 9.17) is 0 Å². The summed E-state index contributed by atoms with van der Waals surface area (Å²) in [7, 11) is -0.428. The Balaban J connectivity index is 0.000000375. The van der Waals surface area contributed by atoms with Crippen LogP contribution in [0.1, 0.15) is 10.4 Å². The van der Waals surface area contributed by atoms with E-state index in [-0.39, 0.29) is 11.8 Å². The second kappa shape index (κ2) is 11.7. The van der Waals surface area contributed by atoms with E-state index in [2.05, 4.69) is 28.5 Å². The molecule has 1 heterocycles. The number of urea groups is 1. The molecule has 2 aromatic rings. The van der Waals surface area contributed by atoms with Gasteiger partial charge in [0.05, 0.1) is 25.8 Å². The molecule has 0 aliphatic carbocycles. The van der Waals surface area contributed by atoms with Crippen LogP contribution < -0.4 is 14.8 Å². The molecule has 15 heteroatoms. The van der Waals surface area contributed by atoms with Gasteiger partial charge in [0.25, 0.3) is 0 Å². The normalized spacial score (nSPS) is 10.0. The van der Waals surface area contributed by atoms with Gasteiger partial charge >= 0.3 is 27.5 Å². The number of alkyl halides is 3. The third-order valence-electron chi connectivity index (χ3n) is 2.68. The number of nitrogens with zero attached hydrogens (tertiary/aromatic N) is 3. The molecule has 0 saturated carbocycles. The molecule has 0 unspecified atom stereocenters. The van der Waals surface area contributed by atoms with Crippen LogP contribution >= 0.6 is 15.9 Å². The molecule has 1 aromatic carbocycles. The Morgan fingerprint density at radius 3 is 2.23 bits per heavy atom. The first-order valence-corrected chi connectivity index (χ1v) is 9.30. The minimum absolute atomic E-state index is 0.203. The number of aromatic nitrogens is 2. The van der Waals surface area contributed by atoms with Crippen molar-refractivity contribution in [3.05, 3.63) is 42.0 Å². The summed E-state index contributed by atoms with van der Waals surface area (Å²) in [4.78, 5) is 28.8. The predicted octanol–water partition coefficient (Wildman–Crippen LogP) is 2.88. The number of anilines is 1. The number of carbonyl (C=O) groups is 2. The largest absolute Gasteiger partial charge is 0.481 e. The van der Waals surface area contributed by atoms with Crippen molar-refractivity contribution in [1.29, 1.82) is 0 Å². The second-order valence-corrected chi connectivity index (χ2v) is 6.26. The number of hydrogen-bond acceptors (Lipinski definition) is 9. The number of hydrogen-bond donors (Lipinski definition) is 1. The van der Waals surface area contributed by atoms with Crippen LogP contribution in [0.4, 0.5) is 19.5 Å². The molecule has 0 aliphatic heterocycles. The van der Waals surface area contributed by atoms with Crippen LogP contribution in [0.3, 0.4) is 0 Å². The van der Waals surface area contributed by atoms with Crippen molar-refractivity contribution in [3.8, 4) is 11.8 Å². The number of amides is 2. The van der Waals surface area contributed by atoms with Crippen LogP contribution in [0.2, 0.25) is 0 Å². The van der Waals surface area contributed by atoms with Crippen molar-refractivity contribution in [3.63, 3.8) is 0 Å². The quantitative estimate of drug-likeness (QED) is 0.473. The van der Waals surface area contributed by atoms with Crippen LogP contribution in [-0.4, -0.2) is 49.6 Å². The summed E-state index contributed by atoms with van der Waals surface area (Å²) in [6, 6.07) is 8.49. The Hall–Kier alpha value is -3.20. The van der Waals surface area contributed by atoms with E-state index < -0.39 is 33.4 Å². The van der Waals surface area contributed by atoms with Crippen molar-refractivity contribution >= 4 is 44.4 Å². The standard InChI is InChI=1S/C8H8O2.C7H5BrF2N4O5S/c1-10-8(9)7-5-3-2-4-6-7;1-18-3-2-4(19-7(8,9)10)12-5(11-3)13-6(15)14-20(16)17/h2-6H,1H3;2H,1H3,(H,11,12,13,15). The van der Waals surface area contributed by atoms with E-state index in [0.717, 1.165) is 6.07 Å². The number of carbonyl (C=O) groups excluding carboxylic acids is 2. The van der Waals surface area contributed by atoms with Crippen molar-refractivity contribution in [1.82, 2.24) is 9.97 Å². The fourth-order valence-electron chi connectivity index (χ4n) is 1.61. The number of halogens is 3. The molecule has 0 aliphatic rings. The monoisotopic (exact) mass is 510 g/mol. The number of benzene rings is 1. The average Bonchev–Trinajstić information content (AvgIpc) is 2.66. The maximum atomic E-state index is 12.6. The molecule has 2 amide bonds. The summed E-state index contributed by atoms with van der Waals surface area (Å²) in [5, 5.41) is -1.87. The van der Waals surface area contributed by atoms with Gasteiger partial charge in [-0.05, 0) is 12.1 Å². The molecule has 30 heavy (non-hydrogen) atoms. The van der Waals surface area contributed by atoms with E-state index in [1.54, 1.807) is 24.3 Å². The van der Waals surface area contributed by atoms with Gasteiger partial charge in [0.15, 0.2) is 0 Å². The van der Waals surface area contributed by atoms with Crippen LogP contribution in [0.5, 0.6) is 11.8 Å². The molecular weight excluding hydrogens is 498 g/mol. The first-order chi connectivity index (χ1) is 14.0. The number of ether oxygens (including phenoxy) is 3. The summed E-state index contributed by atoms with van der Waals surface area (Å²) in [5.74, 6) is -1.65. The maximum Gasteiger partial charge on any atom is 0.460 e. The molecule has 1 aromatic heterocycles. The van der Waals surface area contributed by atoms with Gasteiger partial charge in [-0.3, -0.25) is 5.32 Å². The highest BCUT2D eigenvalue weighted by atomic mass is 79.9. The summed E-state index contributed by atoms with van der Waals surface area (Å²) in [6.07, 6.45) is 0. The SMILES string of the molecule is COC(=O)c1ccccc1.COc1cc(OC(F)(F)Br)nc(NC(=O)N=S(=O)=O)n1. The summed E-state index contributed by atoms with van der Waals surface area (Å²) >= 11 is 1.93. The zero-order valence-electron chi connectivity index (χ0n) is 15.2. The lowest BCUT2D eigenvalue weighted by Gasteiger charge is -2.11. The second-order valence-electron chi connectivity index (χ2n) is 4.72. The van der Waals surface area contributed by atoms with Gasteiger partial charge in [-0.2, -0.15) is 27.2 Å². The Labute approximate surface area is 178 Å². The third-order valence-corrected chi connectivity index (χ3v) is 3.16. The highest BCUT2D eigenvalue weighted by Crippen LogP contribution is 2.27. The van der Waals surface area contributed by atoms with E-state index in [9.17, 15) is 26.8 Å². The first-order valence-electron chi connectivity index (χ1n) is 7.48. The molecule has 0 atom stereocenters. The molecular formula is C15H13BrF2N4O7S. The maximum absolute atomic E-state index is 12.6. The van der Waals surface area contributed by atoms with E-state index >= 15 is 0 Å². The molecule has 0 bridgehead atoms. The number of esters is 1. The van der Waals surface area contributed by atoms with Gasteiger partial charge in [-0.1, -0.05) is 22.6 Å². The summed E-state index contributed by atoms with van der Waals surface area (Å²) in [6.45, 7) is 0. The van der Waals surface area contributed by atoms with Crippen molar-refractivity contribution < 1.29 is 41.0 Å². The summed E-state index contributed by atoms with van der Waals surface area (Å²) in [5.41, 5.74) is 0.588. The average molecular weight is 511 g/mol. The molecule has 0 fully saturated rings. The molecule has 1 N–H and O–H groups in total. The van der Waals surface area contributed by atoms with E-state index in [1.807, 2.05) is 27.3 Å². The van der Waals surface area contributed by atoms with Crippen LogP contribution in [0.25, 0.3) is 0 Å². The molecule has 0 radical (unpaired) electrons. The van der Waals surface area contributed by atoms with Crippen molar-refractivity contribution in [2.75, 3.05) is 19.5 Å². The van der Waals surface area contributed by atoms with Gasteiger partial charge in [0.2, 0.25) is 17.7 Å². The third kappa shape index (κ3) is 9.83. The lowest BCUT2D eigenvalue weighted by Crippen LogP contribution is -2.17. The van der Waals surface area contributed by atoms with Gasteiger partial charge in [0.1, 0.15) is 0 Å². The van der Waals surface area contributed by atoms with Gasteiger partial charge in [-0.15, -0.1) is 0 Å². The molecule has 162 valence electrons. The molecule has 11 nitrogen and oxygen atoms in total. The highest BCUT2D eigenvalue weighted by Gasteiger charge is 2.28. The number of methoxy groups -OCH3 is 2. The zero-order chi connectivity index (χ0) is 22.7. The fraction of sp³-hybridized carbons (Fsp3) is 0.200. The Morgan fingerprint density at radius 1 is 1.13 bits per heavy atom. The fourth-order valence-corrected chi connectivity index (χ4v) is 1.96. The molecule has 0 spiro atoms. The topological polar surface area (TPSA) is 146 Å². The summed E-state index contributed by atoms with van der Waals surface area (Å²) < 4.78 is 61.4. The van der Waals surface area contributed by atoms with Crippen LogP contribution in [0, 0.1) is 0 Å².